The minimum Gasteiger partial charge on any atom is -0.480 e. The van der Waals surface area contributed by atoms with Crippen LogP contribution in [-0.2, 0) is 20.8 Å². The molecule has 0 unspecified atom stereocenters. The second-order valence-electron chi connectivity index (χ2n) is 5.99. The van der Waals surface area contributed by atoms with Gasteiger partial charge in [0.05, 0.1) is 12.2 Å². The molecule has 0 fully saturated rings. The maximum atomic E-state index is 11.8. The Morgan fingerprint density at radius 1 is 1.09 bits per heavy atom. The van der Waals surface area contributed by atoms with Gasteiger partial charge >= 0.3 is 5.97 Å². The molecule has 0 aliphatic heterocycles. The lowest BCUT2D eigenvalue weighted by Crippen LogP contribution is -2.30. The van der Waals surface area contributed by atoms with Crippen molar-refractivity contribution < 1.29 is 19.5 Å². The number of carbonyl (C=O) groups is 3. The minimum absolute atomic E-state index is 0.0323. The fourth-order valence-corrected chi connectivity index (χ4v) is 2.24. The molecule has 23 heavy (non-hydrogen) atoms. The van der Waals surface area contributed by atoms with Gasteiger partial charge in [-0.05, 0) is 17.7 Å². The lowest BCUT2D eigenvalue weighted by Gasteiger charge is -2.17. The van der Waals surface area contributed by atoms with Gasteiger partial charge in [-0.15, -0.1) is 11.8 Å². The number of anilines is 1. The molecular weight excluding hydrogens is 316 g/mol. The van der Waals surface area contributed by atoms with Crippen LogP contribution in [0.4, 0.5) is 5.69 Å². The Hall–Kier alpha value is -2.02. The highest BCUT2D eigenvalue weighted by Crippen LogP contribution is 2.23. The molecule has 1 aromatic rings. The average Bonchev–Trinajstić information content (AvgIpc) is 2.44. The lowest BCUT2D eigenvalue weighted by molar-refractivity contribution is -0.137. The first-order chi connectivity index (χ1) is 10.7. The van der Waals surface area contributed by atoms with Crippen molar-refractivity contribution in [2.24, 2.45) is 0 Å². The van der Waals surface area contributed by atoms with Crippen LogP contribution in [0.2, 0.25) is 0 Å². The fourth-order valence-electron chi connectivity index (χ4n) is 1.61. The number of carboxylic acid groups (broad SMARTS) is 1. The lowest BCUT2D eigenvalue weighted by atomic mass is 10.1. The summed E-state index contributed by atoms with van der Waals surface area (Å²) >= 11 is 1.57. The molecule has 7 heteroatoms. The SMILES string of the molecule is CC(C)(C)SCC(=O)Nc1ccc(CC(=O)NCC(=O)O)cc1. The molecular formula is C16H22N2O4S. The molecule has 1 rings (SSSR count). The molecule has 2 amide bonds. The van der Waals surface area contributed by atoms with Crippen LogP contribution >= 0.6 is 11.8 Å². The van der Waals surface area contributed by atoms with Gasteiger partial charge in [0.2, 0.25) is 11.8 Å². The van der Waals surface area contributed by atoms with E-state index in [-0.39, 0.29) is 23.0 Å². The second-order valence-corrected chi connectivity index (χ2v) is 7.80. The number of hydrogen-bond donors (Lipinski definition) is 3. The summed E-state index contributed by atoms with van der Waals surface area (Å²) in [4.78, 5) is 33.7. The standard InChI is InChI=1S/C16H22N2O4S/c1-16(2,3)23-10-14(20)18-12-6-4-11(5-7-12)8-13(19)17-9-15(21)22/h4-7H,8-10H2,1-3H3,(H,17,19)(H,18,20)(H,21,22). The quantitative estimate of drug-likeness (QED) is 0.706. The Labute approximate surface area is 140 Å². The highest BCUT2D eigenvalue weighted by Gasteiger charge is 2.13. The van der Waals surface area contributed by atoms with Crippen molar-refractivity contribution in [3.63, 3.8) is 0 Å². The zero-order valence-electron chi connectivity index (χ0n) is 13.5. The number of carboxylic acids is 1. The number of thioether (sulfide) groups is 1. The number of carbonyl (C=O) groups excluding carboxylic acids is 2. The van der Waals surface area contributed by atoms with E-state index in [4.69, 9.17) is 5.11 Å². The predicted octanol–water partition coefficient (Wildman–Crippen LogP) is 1.90. The van der Waals surface area contributed by atoms with Crippen molar-refractivity contribution in [1.29, 1.82) is 0 Å². The highest BCUT2D eigenvalue weighted by molar-refractivity contribution is 8.01. The molecule has 0 aliphatic carbocycles. The maximum Gasteiger partial charge on any atom is 0.322 e. The molecule has 0 saturated heterocycles. The van der Waals surface area contributed by atoms with E-state index >= 15 is 0 Å². The second kappa shape index (κ2) is 8.57. The van der Waals surface area contributed by atoms with Gasteiger partial charge in [0, 0.05) is 10.4 Å². The highest BCUT2D eigenvalue weighted by atomic mass is 32.2. The van der Waals surface area contributed by atoms with Crippen molar-refractivity contribution in [2.45, 2.75) is 31.9 Å². The van der Waals surface area contributed by atoms with Crippen LogP contribution in [0.5, 0.6) is 0 Å². The van der Waals surface area contributed by atoms with Crippen LogP contribution in [0.25, 0.3) is 0 Å². The van der Waals surface area contributed by atoms with Gasteiger partial charge < -0.3 is 15.7 Å². The molecule has 0 radical (unpaired) electrons. The van der Waals surface area contributed by atoms with Crippen LogP contribution in [0.1, 0.15) is 26.3 Å². The largest absolute Gasteiger partial charge is 0.480 e. The third kappa shape index (κ3) is 8.87. The van der Waals surface area contributed by atoms with Gasteiger partial charge in [-0.1, -0.05) is 32.9 Å². The first kappa shape index (κ1) is 19.0. The number of hydrogen-bond acceptors (Lipinski definition) is 4. The van der Waals surface area contributed by atoms with Gasteiger partial charge in [0.1, 0.15) is 6.54 Å². The summed E-state index contributed by atoms with van der Waals surface area (Å²) in [5.41, 5.74) is 1.41. The normalized spacial score (nSPS) is 10.9. The summed E-state index contributed by atoms with van der Waals surface area (Å²) in [7, 11) is 0. The number of rotatable bonds is 7. The third-order valence-corrected chi connectivity index (χ3v) is 3.95. The van der Waals surface area contributed by atoms with Crippen molar-refractivity contribution in [1.82, 2.24) is 5.32 Å². The van der Waals surface area contributed by atoms with Crippen molar-refractivity contribution >= 4 is 35.2 Å². The smallest absolute Gasteiger partial charge is 0.322 e. The summed E-state index contributed by atoms with van der Waals surface area (Å²) < 4.78 is 0.0323. The van der Waals surface area contributed by atoms with E-state index in [2.05, 4.69) is 31.4 Å². The zero-order chi connectivity index (χ0) is 17.5. The van der Waals surface area contributed by atoms with Crippen LogP contribution in [0, 0.1) is 0 Å². The first-order valence-corrected chi connectivity index (χ1v) is 8.15. The van der Waals surface area contributed by atoms with E-state index < -0.39 is 12.5 Å². The predicted molar refractivity (Wildman–Crippen MR) is 91.6 cm³/mol. The summed E-state index contributed by atoms with van der Waals surface area (Å²) in [5, 5.41) is 13.6. The molecule has 126 valence electrons. The molecule has 0 saturated carbocycles. The van der Waals surface area contributed by atoms with Crippen molar-refractivity contribution in [2.75, 3.05) is 17.6 Å². The van der Waals surface area contributed by atoms with Crippen molar-refractivity contribution in [3.8, 4) is 0 Å². The summed E-state index contributed by atoms with van der Waals surface area (Å²) in [6.07, 6.45) is 0.0986. The summed E-state index contributed by atoms with van der Waals surface area (Å²) in [5.74, 6) is -1.13. The molecule has 0 heterocycles. The van der Waals surface area contributed by atoms with Crippen LogP contribution in [-0.4, -0.2) is 39.9 Å². The number of nitrogens with one attached hydrogen (secondary N) is 2. The topological polar surface area (TPSA) is 95.5 Å². The molecule has 0 aromatic heterocycles. The van der Waals surface area contributed by atoms with E-state index in [0.717, 1.165) is 5.56 Å². The van der Waals surface area contributed by atoms with Gasteiger partial charge in [-0.25, -0.2) is 0 Å². The average molecular weight is 338 g/mol. The molecule has 0 atom stereocenters. The van der Waals surface area contributed by atoms with Crippen LogP contribution < -0.4 is 10.6 Å². The minimum atomic E-state index is -1.08. The van der Waals surface area contributed by atoms with Gasteiger partial charge in [-0.2, -0.15) is 0 Å². The number of aliphatic carboxylic acids is 1. The van der Waals surface area contributed by atoms with E-state index in [1.807, 2.05) is 0 Å². The Balaban J connectivity index is 2.45. The number of benzene rings is 1. The monoisotopic (exact) mass is 338 g/mol. The fraction of sp³-hybridized carbons (Fsp3) is 0.438. The van der Waals surface area contributed by atoms with E-state index in [1.165, 1.54) is 0 Å². The van der Waals surface area contributed by atoms with Gasteiger partial charge in [0.15, 0.2) is 0 Å². The molecule has 1 aromatic carbocycles. The molecule has 0 spiro atoms. The van der Waals surface area contributed by atoms with Crippen molar-refractivity contribution in [3.05, 3.63) is 29.8 Å². The Morgan fingerprint density at radius 3 is 2.22 bits per heavy atom. The zero-order valence-corrected chi connectivity index (χ0v) is 14.3. The molecule has 6 nitrogen and oxygen atoms in total. The number of amides is 2. The van der Waals surface area contributed by atoms with Gasteiger partial charge in [-0.3, -0.25) is 14.4 Å². The molecule has 0 aliphatic rings. The van der Waals surface area contributed by atoms with Crippen LogP contribution in [0.15, 0.2) is 24.3 Å². The Bertz CT molecular complexity index is 564. The Morgan fingerprint density at radius 2 is 1.70 bits per heavy atom. The maximum absolute atomic E-state index is 11.8. The third-order valence-electron chi connectivity index (χ3n) is 2.68. The van der Waals surface area contributed by atoms with E-state index in [9.17, 15) is 14.4 Å². The summed E-state index contributed by atoms with van der Waals surface area (Å²) in [6.45, 7) is 5.76. The van der Waals surface area contributed by atoms with E-state index in [0.29, 0.717) is 11.4 Å². The summed E-state index contributed by atoms with van der Waals surface area (Å²) in [6, 6.07) is 6.90. The van der Waals surface area contributed by atoms with Crippen LogP contribution in [0.3, 0.4) is 0 Å². The molecule has 3 N–H and O–H groups in total. The molecule has 0 bridgehead atoms. The van der Waals surface area contributed by atoms with Gasteiger partial charge in [0.25, 0.3) is 0 Å². The Kier molecular flexibility index (Phi) is 7.09. The first-order valence-electron chi connectivity index (χ1n) is 7.17. The van der Waals surface area contributed by atoms with E-state index in [1.54, 1.807) is 36.0 Å².